The maximum atomic E-state index is 11.9. The molecule has 1 amide bonds. The van der Waals surface area contributed by atoms with Crippen LogP contribution >= 0.6 is 0 Å². The third-order valence-electron chi connectivity index (χ3n) is 4.18. The van der Waals surface area contributed by atoms with Crippen molar-refractivity contribution < 1.29 is 14.7 Å². The number of amides is 1. The second-order valence-corrected chi connectivity index (χ2v) is 6.45. The molecule has 1 aliphatic rings. The van der Waals surface area contributed by atoms with Crippen molar-refractivity contribution in [2.75, 3.05) is 6.54 Å². The number of nitrogens with one attached hydrogen (secondary N) is 1. The first-order valence-electron chi connectivity index (χ1n) is 7.64. The normalized spacial score (nSPS) is 20.2. The molecule has 0 saturated heterocycles. The van der Waals surface area contributed by atoms with Crippen molar-refractivity contribution in [2.45, 2.75) is 64.8 Å². The van der Waals surface area contributed by atoms with E-state index >= 15 is 0 Å². The van der Waals surface area contributed by atoms with Crippen LogP contribution in [0.1, 0.15) is 58.8 Å². The fraction of sp³-hybridized carbons (Fsp3) is 0.867. The van der Waals surface area contributed by atoms with Crippen LogP contribution in [0.25, 0.3) is 0 Å². The van der Waals surface area contributed by atoms with Gasteiger partial charge in [-0.2, -0.15) is 0 Å². The smallest absolute Gasteiger partial charge is 0.311 e. The maximum absolute atomic E-state index is 11.9. The molecule has 0 aromatic carbocycles. The van der Waals surface area contributed by atoms with Crippen LogP contribution in [0.15, 0.2) is 0 Å². The minimum absolute atomic E-state index is 0.201. The van der Waals surface area contributed by atoms with Gasteiger partial charge in [0, 0.05) is 6.54 Å². The molecule has 0 aromatic heterocycles. The number of carboxylic acid groups (broad SMARTS) is 1. The van der Waals surface area contributed by atoms with E-state index in [4.69, 9.17) is 5.73 Å². The summed E-state index contributed by atoms with van der Waals surface area (Å²) in [6.07, 6.45) is 5.89. The fourth-order valence-corrected chi connectivity index (χ4v) is 2.87. The fourth-order valence-electron chi connectivity index (χ4n) is 2.87. The quantitative estimate of drug-likeness (QED) is 0.649. The van der Waals surface area contributed by atoms with E-state index in [-0.39, 0.29) is 12.5 Å². The van der Waals surface area contributed by atoms with Gasteiger partial charge in [-0.1, -0.05) is 39.5 Å². The Morgan fingerprint density at radius 2 is 1.75 bits per heavy atom. The molecule has 20 heavy (non-hydrogen) atoms. The van der Waals surface area contributed by atoms with E-state index in [1.807, 2.05) is 13.8 Å². The van der Waals surface area contributed by atoms with E-state index in [0.717, 1.165) is 25.7 Å². The van der Waals surface area contributed by atoms with Crippen molar-refractivity contribution in [2.24, 2.45) is 17.1 Å². The predicted molar refractivity (Wildman–Crippen MR) is 78.2 cm³/mol. The highest BCUT2D eigenvalue weighted by Gasteiger charge is 2.39. The molecular formula is C15H28N2O3. The number of hydrogen-bond donors (Lipinski definition) is 3. The van der Waals surface area contributed by atoms with Crippen LogP contribution in [0, 0.1) is 11.3 Å². The first-order valence-corrected chi connectivity index (χ1v) is 7.64. The van der Waals surface area contributed by atoms with Crippen LogP contribution in [0.5, 0.6) is 0 Å². The summed E-state index contributed by atoms with van der Waals surface area (Å²) in [5, 5.41) is 12.3. The molecule has 1 aliphatic carbocycles. The lowest BCUT2D eigenvalue weighted by Gasteiger charge is -2.29. The molecule has 1 saturated carbocycles. The van der Waals surface area contributed by atoms with E-state index in [2.05, 4.69) is 5.32 Å². The Morgan fingerprint density at radius 3 is 2.20 bits per heavy atom. The topological polar surface area (TPSA) is 92.4 Å². The minimum atomic E-state index is -0.802. The summed E-state index contributed by atoms with van der Waals surface area (Å²) in [7, 11) is 0. The van der Waals surface area contributed by atoms with Gasteiger partial charge in [0.1, 0.15) is 0 Å². The van der Waals surface area contributed by atoms with Crippen LogP contribution in [-0.4, -0.2) is 29.6 Å². The third kappa shape index (κ3) is 4.78. The van der Waals surface area contributed by atoms with Gasteiger partial charge in [0.05, 0.1) is 11.5 Å². The second kappa shape index (κ2) is 7.62. The van der Waals surface area contributed by atoms with Crippen LogP contribution in [0.2, 0.25) is 0 Å². The van der Waals surface area contributed by atoms with Gasteiger partial charge in [0.2, 0.25) is 5.91 Å². The zero-order chi connectivity index (χ0) is 15.2. The molecule has 1 unspecified atom stereocenters. The lowest BCUT2D eigenvalue weighted by Crippen LogP contribution is -2.48. The summed E-state index contributed by atoms with van der Waals surface area (Å²) < 4.78 is 0. The number of aliphatic carboxylic acids is 1. The largest absolute Gasteiger partial charge is 0.481 e. The van der Waals surface area contributed by atoms with Gasteiger partial charge >= 0.3 is 5.97 Å². The molecule has 1 atom stereocenters. The van der Waals surface area contributed by atoms with Crippen LogP contribution in [0.4, 0.5) is 0 Å². The average molecular weight is 284 g/mol. The molecule has 1 fully saturated rings. The summed E-state index contributed by atoms with van der Waals surface area (Å²) in [6, 6.07) is -0.549. The number of carbonyl (C=O) groups excluding carboxylic acids is 1. The van der Waals surface area contributed by atoms with Gasteiger partial charge in [-0.3, -0.25) is 9.59 Å². The summed E-state index contributed by atoms with van der Waals surface area (Å²) >= 11 is 0. The van der Waals surface area contributed by atoms with Gasteiger partial charge in [-0.05, 0) is 25.2 Å². The lowest BCUT2D eigenvalue weighted by atomic mass is 9.80. The van der Waals surface area contributed by atoms with Crippen molar-refractivity contribution in [3.8, 4) is 0 Å². The van der Waals surface area contributed by atoms with Gasteiger partial charge in [-0.25, -0.2) is 0 Å². The molecule has 0 spiro atoms. The Hall–Kier alpha value is -1.10. The molecular weight excluding hydrogens is 256 g/mol. The zero-order valence-electron chi connectivity index (χ0n) is 12.7. The molecule has 1 rings (SSSR count). The van der Waals surface area contributed by atoms with Crippen LogP contribution < -0.4 is 11.1 Å². The van der Waals surface area contributed by atoms with E-state index in [9.17, 15) is 14.7 Å². The molecule has 0 heterocycles. The van der Waals surface area contributed by atoms with E-state index in [1.165, 1.54) is 0 Å². The Balaban J connectivity index is 2.58. The minimum Gasteiger partial charge on any atom is -0.481 e. The molecule has 5 heteroatoms. The van der Waals surface area contributed by atoms with Gasteiger partial charge in [0.15, 0.2) is 0 Å². The SMILES string of the molecule is CC(C)CC(N)C(=O)NCC1(C(=O)O)CCCCCC1. The Labute approximate surface area is 121 Å². The van der Waals surface area contributed by atoms with Crippen LogP contribution in [0.3, 0.4) is 0 Å². The average Bonchev–Trinajstić information content (AvgIpc) is 2.61. The number of hydrogen-bond acceptors (Lipinski definition) is 3. The second-order valence-electron chi connectivity index (χ2n) is 6.45. The van der Waals surface area contributed by atoms with Gasteiger partial charge < -0.3 is 16.2 Å². The summed E-state index contributed by atoms with van der Waals surface area (Å²) in [4.78, 5) is 23.5. The predicted octanol–water partition coefficient (Wildman–Crippen LogP) is 1.90. The van der Waals surface area contributed by atoms with Crippen molar-refractivity contribution in [1.29, 1.82) is 0 Å². The van der Waals surface area contributed by atoms with Gasteiger partial charge in [0.25, 0.3) is 0 Å². The van der Waals surface area contributed by atoms with E-state index in [1.54, 1.807) is 0 Å². The maximum Gasteiger partial charge on any atom is 0.311 e. The van der Waals surface area contributed by atoms with Gasteiger partial charge in [-0.15, -0.1) is 0 Å². The first kappa shape index (κ1) is 17.0. The molecule has 0 aromatic rings. The van der Waals surface area contributed by atoms with Crippen molar-refractivity contribution in [3.63, 3.8) is 0 Å². The summed E-state index contributed by atoms with van der Waals surface area (Å²) in [5.41, 5.74) is 5.02. The number of rotatable bonds is 6. The zero-order valence-corrected chi connectivity index (χ0v) is 12.7. The lowest BCUT2D eigenvalue weighted by molar-refractivity contribution is -0.149. The summed E-state index contributed by atoms with van der Waals surface area (Å²) in [5.74, 6) is -0.678. The monoisotopic (exact) mass is 284 g/mol. The molecule has 4 N–H and O–H groups in total. The Bertz CT molecular complexity index is 334. The van der Waals surface area contributed by atoms with Crippen molar-refractivity contribution in [1.82, 2.24) is 5.32 Å². The highest BCUT2D eigenvalue weighted by molar-refractivity contribution is 5.82. The first-order chi connectivity index (χ1) is 9.37. The molecule has 0 aliphatic heterocycles. The molecule has 0 bridgehead atoms. The summed E-state index contributed by atoms with van der Waals surface area (Å²) in [6.45, 7) is 4.22. The highest BCUT2D eigenvalue weighted by atomic mass is 16.4. The van der Waals surface area contributed by atoms with Crippen LogP contribution in [-0.2, 0) is 9.59 Å². The Kier molecular flexibility index (Phi) is 6.46. The standard InChI is InChI=1S/C15H28N2O3/c1-11(2)9-12(16)13(18)17-10-15(14(19)20)7-5-3-4-6-8-15/h11-12H,3-10,16H2,1-2H3,(H,17,18)(H,19,20). The highest BCUT2D eigenvalue weighted by Crippen LogP contribution is 2.34. The molecule has 5 nitrogen and oxygen atoms in total. The Morgan fingerprint density at radius 1 is 1.20 bits per heavy atom. The van der Waals surface area contributed by atoms with Crippen molar-refractivity contribution >= 4 is 11.9 Å². The molecule has 0 radical (unpaired) electrons. The molecule has 116 valence electrons. The number of carbonyl (C=O) groups is 2. The number of carboxylic acids is 1. The third-order valence-corrected chi connectivity index (χ3v) is 4.18. The van der Waals surface area contributed by atoms with E-state index < -0.39 is 17.4 Å². The van der Waals surface area contributed by atoms with E-state index in [0.29, 0.717) is 25.2 Å². The van der Waals surface area contributed by atoms with Crippen molar-refractivity contribution in [3.05, 3.63) is 0 Å². The number of nitrogens with two attached hydrogens (primary N) is 1.